The standard InChI is InChI=1S/C20H25BrN2O5S/c1-2-13-29(25,26)22-16-9-11-23(12-10-16)20(24)19-8-7-18(28-19)14-27-17-5-3-15(21)4-6-17/h3-8,16,22H,2,9-14H2,1H3. The fraction of sp³-hybridized carbons (Fsp3) is 0.450. The third-order valence-corrected chi connectivity index (χ3v) is 6.84. The van der Waals surface area contributed by atoms with Crippen LogP contribution in [-0.4, -0.2) is 44.1 Å². The van der Waals surface area contributed by atoms with Crippen LogP contribution in [0, 0.1) is 0 Å². The number of amides is 1. The third-order valence-electron chi connectivity index (χ3n) is 4.67. The van der Waals surface area contributed by atoms with Gasteiger partial charge in [-0.2, -0.15) is 0 Å². The van der Waals surface area contributed by atoms with E-state index in [1.807, 2.05) is 31.2 Å². The zero-order valence-electron chi connectivity index (χ0n) is 16.3. The van der Waals surface area contributed by atoms with Gasteiger partial charge in [0.25, 0.3) is 5.91 Å². The largest absolute Gasteiger partial charge is 0.486 e. The number of hydrogen-bond acceptors (Lipinski definition) is 5. The fourth-order valence-corrected chi connectivity index (χ4v) is 4.86. The summed E-state index contributed by atoms with van der Waals surface area (Å²) in [6.45, 7) is 3.05. The van der Waals surface area contributed by atoms with Gasteiger partial charge in [-0.25, -0.2) is 13.1 Å². The SMILES string of the molecule is CCCS(=O)(=O)NC1CCN(C(=O)c2ccc(COc3ccc(Br)cc3)o2)CC1. The van der Waals surface area contributed by atoms with E-state index < -0.39 is 10.0 Å². The average Bonchev–Trinajstić information content (AvgIpc) is 3.16. The lowest BCUT2D eigenvalue weighted by Crippen LogP contribution is -2.46. The van der Waals surface area contributed by atoms with Crippen LogP contribution in [0.3, 0.4) is 0 Å². The van der Waals surface area contributed by atoms with Crippen LogP contribution in [0.4, 0.5) is 0 Å². The summed E-state index contributed by atoms with van der Waals surface area (Å²) in [5, 5.41) is 0. The number of furan rings is 1. The van der Waals surface area contributed by atoms with Crippen molar-refractivity contribution < 1.29 is 22.4 Å². The van der Waals surface area contributed by atoms with Crippen LogP contribution >= 0.6 is 15.9 Å². The van der Waals surface area contributed by atoms with E-state index in [9.17, 15) is 13.2 Å². The second-order valence-corrected chi connectivity index (χ2v) is 9.80. The minimum Gasteiger partial charge on any atom is -0.486 e. The Morgan fingerprint density at radius 2 is 1.90 bits per heavy atom. The van der Waals surface area contributed by atoms with Gasteiger partial charge >= 0.3 is 0 Å². The number of benzene rings is 1. The van der Waals surface area contributed by atoms with Gasteiger partial charge in [-0.15, -0.1) is 0 Å². The smallest absolute Gasteiger partial charge is 0.289 e. The molecule has 1 saturated heterocycles. The number of halogens is 1. The summed E-state index contributed by atoms with van der Waals surface area (Å²) in [5.74, 6) is 1.49. The fourth-order valence-electron chi connectivity index (χ4n) is 3.19. The summed E-state index contributed by atoms with van der Waals surface area (Å²) in [4.78, 5) is 14.4. The van der Waals surface area contributed by atoms with Gasteiger partial charge in [0, 0.05) is 23.6 Å². The maximum atomic E-state index is 12.7. The Hall–Kier alpha value is -1.84. The number of ether oxygens (including phenoxy) is 1. The number of hydrogen-bond donors (Lipinski definition) is 1. The molecular formula is C20H25BrN2O5S. The number of rotatable bonds is 8. The molecule has 2 aromatic rings. The number of nitrogens with zero attached hydrogens (tertiary/aromatic N) is 1. The molecular weight excluding hydrogens is 460 g/mol. The first-order chi connectivity index (χ1) is 13.9. The molecule has 1 aliphatic heterocycles. The first-order valence-corrected chi connectivity index (χ1v) is 12.1. The van der Waals surface area contributed by atoms with Crippen molar-refractivity contribution in [1.29, 1.82) is 0 Å². The van der Waals surface area contributed by atoms with E-state index in [2.05, 4.69) is 20.7 Å². The summed E-state index contributed by atoms with van der Waals surface area (Å²) in [5.41, 5.74) is 0. The molecule has 1 fully saturated rings. The maximum absolute atomic E-state index is 12.7. The Bertz CT molecular complexity index is 919. The Kier molecular flexibility index (Phi) is 7.37. The van der Waals surface area contributed by atoms with Gasteiger partial charge in [-0.3, -0.25) is 4.79 Å². The van der Waals surface area contributed by atoms with Gasteiger partial charge in [-0.1, -0.05) is 22.9 Å². The van der Waals surface area contributed by atoms with Crippen molar-refractivity contribution in [3.8, 4) is 5.75 Å². The molecule has 0 bridgehead atoms. The van der Waals surface area contributed by atoms with Crippen LogP contribution in [0.15, 0.2) is 45.3 Å². The lowest BCUT2D eigenvalue weighted by Gasteiger charge is -2.31. The zero-order valence-corrected chi connectivity index (χ0v) is 18.7. The van der Waals surface area contributed by atoms with E-state index in [0.717, 1.165) is 4.47 Å². The predicted octanol–water partition coefficient (Wildman–Crippen LogP) is 3.56. The van der Waals surface area contributed by atoms with E-state index in [-0.39, 0.29) is 30.1 Å². The molecule has 158 valence electrons. The summed E-state index contributed by atoms with van der Waals surface area (Å²) in [6, 6.07) is 10.7. The molecule has 0 unspecified atom stereocenters. The first kappa shape index (κ1) is 21.9. The normalized spacial score (nSPS) is 15.4. The lowest BCUT2D eigenvalue weighted by atomic mass is 10.1. The van der Waals surface area contributed by atoms with E-state index in [4.69, 9.17) is 9.15 Å². The molecule has 0 radical (unpaired) electrons. The number of piperidine rings is 1. The molecule has 0 saturated carbocycles. The van der Waals surface area contributed by atoms with E-state index in [0.29, 0.717) is 43.9 Å². The lowest BCUT2D eigenvalue weighted by molar-refractivity contribution is 0.0675. The number of carbonyl (C=O) groups excluding carboxylic acids is 1. The highest BCUT2D eigenvalue weighted by molar-refractivity contribution is 9.10. The van der Waals surface area contributed by atoms with Gasteiger partial charge in [0.05, 0.1) is 5.75 Å². The number of sulfonamides is 1. The van der Waals surface area contributed by atoms with Crippen LogP contribution in [0.1, 0.15) is 42.5 Å². The Balaban J connectivity index is 1.49. The monoisotopic (exact) mass is 484 g/mol. The molecule has 1 aromatic carbocycles. The predicted molar refractivity (Wildman–Crippen MR) is 113 cm³/mol. The molecule has 7 nitrogen and oxygen atoms in total. The van der Waals surface area contributed by atoms with Gasteiger partial charge in [0.2, 0.25) is 10.0 Å². The number of nitrogens with one attached hydrogen (secondary N) is 1. The molecule has 1 aliphatic rings. The number of likely N-dealkylation sites (tertiary alicyclic amines) is 1. The minimum atomic E-state index is -3.24. The summed E-state index contributed by atoms with van der Waals surface area (Å²) in [7, 11) is -3.24. The molecule has 0 atom stereocenters. The third kappa shape index (κ3) is 6.32. The highest BCUT2D eigenvalue weighted by Gasteiger charge is 2.27. The molecule has 0 aliphatic carbocycles. The minimum absolute atomic E-state index is 0.123. The van der Waals surface area contributed by atoms with Crippen LogP contribution in [-0.2, 0) is 16.6 Å². The van der Waals surface area contributed by atoms with E-state index in [1.54, 1.807) is 17.0 Å². The highest BCUT2D eigenvalue weighted by atomic mass is 79.9. The summed E-state index contributed by atoms with van der Waals surface area (Å²) < 4.78 is 38.8. The maximum Gasteiger partial charge on any atom is 0.289 e. The van der Waals surface area contributed by atoms with Gasteiger partial charge in [-0.05, 0) is 55.7 Å². The van der Waals surface area contributed by atoms with Gasteiger partial charge < -0.3 is 14.1 Å². The molecule has 9 heteroatoms. The van der Waals surface area contributed by atoms with Gasteiger partial charge in [0.15, 0.2) is 5.76 Å². The molecule has 2 heterocycles. The zero-order chi connectivity index (χ0) is 20.9. The molecule has 0 spiro atoms. The van der Waals surface area contributed by atoms with Crippen molar-refractivity contribution >= 4 is 31.9 Å². The Morgan fingerprint density at radius 3 is 2.55 bits per heavy atom. The Morgan fingerprint density at radius 1 is 1.21 bits per heavy atom. The van der Waals surface area contributed by atoms with Gasteiger partial charge in [0.1, 0.15) is 18.1 Å². The van der Waals surface area contributed by atoms with Crippen LogP contribution < -0.4 is 9.46 Å². The molecule has 1 N–H and O–H groups in total. The first-order valence-electron chi connectivity index (χ1n) is 9.62. The summed E-state index contributed by atoms with van der Waals surface area (Å²) >= 11 is 3.37. The summed E-state index contributed by atoms with van der Waals surface area (Å²) in [6.07, 6.45) is 1.77. The average molecular weight is 485 g/mol. The van der Waals surface area contributed by atoms with Crippen molar-refractivity contribution in [3.63, 3.8) is 0 Å². The van der Waals surface area contributed by atoms with Crippen molar-refractivity contribution in [2.75, 3.05) is 18.8 Å². The highest BCUT2D eigenvalue weighted by Crippen LogP contribution is 2.20. The van der Waals surface area contributed by atoms with E-state index in [1.165, 1.54) is 0 Å². The van der Waals surface area contributed by atoms with Crippen molar-refractivity contribution in [2.45, 2.75) is 38.8 Å². The van der Waals surface area contributed by atoms with E-state index >= 15 is 0 Å². The van der Waals surface area contributed by atoms with Crippen LogP contribution in [0.25, 0.3) is 0 Å². The number of carbonyl (C=O) groups is 1. The van der Waals surface area contributed by atoms with Crippen molar-refractivity contribution in [1.82, 2.24) is 9.62 Å². The van der Waals surface area contributed by atoms with Crippen LogP contribution in [0.5, 0.6) is 5.75 Å². The molecule has 3 rings (SSSR count). The second kappa shape index (κ2) is 9.77. The molecule has 1 amide bonds. The second-order valence-electron chi connectivity index (χ2n) is 7.01. The van der Waals surface area contributed by atoms with Crippen LogP contribution in [0.2, 0.25) is 0 Å². The Labute approximate surface area is 179 Å². The topological polar surface area (TPSA) is 88.9 Å². The van der Waals surface area contributed by atoms with Crippen molar-refractivity contribution in [2.24, 2.45) is 0 Å². The molecule has 29 heavy (non-hydrogen) atoms. The quantitative estimate of drug-likeness (QED) is 0.618. The van der Waals surface area contributed by atoms with Crippen molar-refractivity contribution in [3.05, 3.63) is 52.4 Å². The molecule has 1 aromatic heterocycles.